The summed E-state index contributed by atoms with van der Waals surface area (Å²) in [5, 5.41) is 10.3. The van der Waals surface area contributed by atoms with E-state index in [-0.39, 0.29) is 23.7 Å². The summed E-state index contributed by atoms with van der Waals surface area (Å²) in [7, 11) is 0. The Balaban J connectivity index is 1.65. The number of ether oxygens (including phenoxy) is 3. The summed E-state index contributed by atoms with van der Waals surface area (Å²) in [6.07, 6.45) is 2.53. The maximum absolute atomic E-state index is 12.2. The van der Waals surface area contributed by atoms with E-state index in [1.807, 2.05) is 44.2 Å². The summed E-state index contributed by atoms with van der Waals surface area (Å²) in [6, 6.07) is 9.97. The fraction of sp³-hybridized carbons (Fsp3) is 0.654. The lowest BCUT2D eigenvalue weighted by atomic mass is 9.95. The minimum absolute atomic E-state index is 0.0183. The van der Waals surface area contributed by atoms with Crippen LogP contribution in [0.3, 0.4) is 0 Å². The molecule has 1 N–H and O–H groups in total. The minimum Gasteiger partial charge on any atom is -0.393 e. The van der Waals surface area contributed by atoms with Gasteiger partial charge in [0.2, 0.25) is 5.78 Å². The largest absolute Gasteiger partial charge is 0.393 e. The standard InChI is InChI=1S/C26H38O5/c1-5-26(6-2)30-19-25(31-26)21(4)13-15-23(27)14-12-20(3)24(28)16-17-29-18-22-10-8-7-9-11-22/h7-11,20-21,24-25,28H,5-6,12,14,16-19H2,1-4H3/t20-,21+,24+,25+/m0/s1. The van der Waals surface area contributed by atoms with E-state index in [1.165, 1.54) is 0 Å². The summed E-state index contributed by atoms with van der Waals surface area (Å²) >= 11 is 0. The van der Waals surface area contributed by atoms with Gasteiger partial charge in [-0.05, 0) is 50.0 Å². The molecule has 0 spiro atoms. The Labute approximate surface area is 187 Å². The molecule has 0 aliphatic carbocycles. The third kappa shape index (κ3) is 8.38. The van der Waals surface area contributed by atoms with Gasteiger partial charge in [-0.15, -0.1) is 0 Å². The van der Waals surface area contributed by atoms with E-state index in [1.54, 1.807) is 0 Å². The van der Waals surface area contributed by atoms with Gasteiger partial charge in [-0.25, -0.2) is 0 Å². The number of hydrogen-bond donors (Lipinski definition) is 1. The second-order valence-electron chi connectivity index (χ2n) is 8.48. The summed E-state index contributed by atoms with van der Waals surface area (Å²) in [5.41, 5.74) is 1.12. The second kappa shape index (κ2) is 13.0. The molecule has 31 heavy (non-hydrogen) atoms. The van der Waals surface area contributed by atoms with Crippen LogP contribution in [0.1, 0.15) is 65.4 Å². The highest BCUT2D eigenvalue weighted by Crippen LogP contribution is 2.32. The van der Waals surface area contributed by atoms with Gasteiger partial charge in [-0.1, -0.05) is 57.0 Å². The molecule has 0 unspecified atom stereocenters. The molecule has 1 aromatic rings. The zero-order valence-electron chi connectivity index (χ0n) is 19.4. The molecule has 1 saturated heterocycles. The van der Waals surface area contributed by atoms with Crippen molar-refractivity contribution in [2.24, 2.45) is 11.8 Å². The topological polar surface area (TPSA) is 65.0 Å². The minimum atomic E-state index is -0.499. The monoisotopic (exact) mass is 430 g/mol. The molecule has 4 atom stereocenters. The Bertz CT molecular complexity index is 716. The van der Waals surface area contributed by atoms with Crippen molar-refractivity contribution in [2.45, 2.75) is 84.4 Å². The van der Waals surface area contributed by atoms with Gasteiger partial charge >= 0.3 is 0 Å². The summed E-state index contributed by atoms with van der Waals surface area (Å²) in [6.45, 7) is 9.59. The van der Waals surface area contributed by atoms with Crippen LogP contribution in [0.25, 0.3) is 0 Å². The van der Waals surface area contributed by atoms with Gasteiger partial charge in [-0.3, -0.25) is 4.79 Å². The van der Waals surface area contributed by atoms with E-state index in [2.05, 4.69) is 25.7 Å². The van der Waals surface area contributed by atoms with Crippen LogP contribution in [0, 0.1) is 23.7 Å². The van der Waals surface area contributed by atoms with Crippen LogP contribution in [0.4, 0.5) is 0 Å². The summed E-state index contributed by atoms with van der Waals surface area (Å²) in [5.74, 6) is 5.15. The molecule has 0 amide bonds. The molecule has 1 heterocycles. The fourth-order valence-corrected chi connectivity index (χ4v) is 3.60. The van der Waals surface area contributed by atoms with Crippen molar-refractivity contribution in [3.63, 3.8) is 0 Å². The van der Waals surface area contributed by atoms with Gasteiger partial charge in [0, 0.05) is 18.9 Å². The SMILES string of the molecule is CCC1(CC)OC[C@H]([C@H](C)C#CC(=O)CC[C@H](C)[C@H](O)CCOCc2ccccc2)O1. The molecule has 1 fully saturated rings. The van der Waals surface area contributed by atoms with Gasteiger partial charge < -0.3 is 19.3 Å². The quantitative estimate of drug-likeness (QED) is 0.300. The van der Waals surface area contributed by atoms with Crippen LogP contribution in [0.15, 0.2) is 30.3 Å². The molecule has 1 aliphatic heterocycles. The molecular formula is C26H38O5. The van der Waals surface area contributed by atoms with E-state index in [0.717, 1.165) is 18.4 Å². The lowest BCUT2D eigenvalue weighted by Crippen LogP contribution is -2.30. The molecule has 0 aromatic heterocycles. The normalized spacial score (nSPS) is 20.5. The zero-order chi connectivity index (χ0) is 22.7. The molecule has 5 nitrogen and oxygen atoms in total. The van der Waals surface area contributed by atoms with Crippen LogP contribution in [-0.2, 0) is 25.6 Å². The van der Waals surface area contributed by atoms with Crippen LogP contribution in [-0.4, -0.2) is 42.1 Å². The van der Waals surface area contributed by atoms with E-state index in [4.69, 9.17) is 14.2 Å². The molecular weight excluding hydrogens is 392 g/mol. The number of rotatable bonds is 12. The van der Waals surface area contributed by atoms with Crippen molar-refractivity contribution in [3.05, 3.63) is 35.9 Å². The predicted molar refractivity (Wildman–Crippen MR) is 121 cm³/mol. The van der Waals surface area contributed by atoms with Crippen molar-refractivity contribution in [1.29, 1.82) is 0 Å². The first-order valence-electron chi connectivity index (χ1n) is 11.5. The number of hydrogen-bond acceptors (Lipinski definition) is 5. The average molecular weight is 431 g/mol. The lowest BCUT2D eigenvalue weighted by Gasteiger charge is -2.25. The van der Waals surface area contributed by atoms with Crippen LogP contribution in [0.5, 0.6) is 0 Å². The summed E-state index contributed by atoms with van der Waals surface area (Å²) in [4.78, 5) is 12.2. The number of carbonyl (C=O) groups is 1. The van der Waals surface area contributed by atoms with Gasteiger partial charge in [0.1, 0.15) is 0 Å². The second-order valence-corrected chi connectivity index (χ2v) is 8.48. The van der Waals surface area contributed by atoms with E-state index < -0.39 is 11.9 Å². The van der Waals surface area contributed by atoms with E-state index in [9.17, 15) is 9.90 Å². The Hall–Kier alpha value is -1.71. The Morgan fingerprint density at radius 1 is 1.23 bits per heavy atom. The molecule has 172 valence electrons. The van der Waals surface area contributed by atoms with Crippen molar-refractivity contribution in [3.8, 4) is 11.8 Å². The van der Waals surface area contributed by atoms with Crippen LogP contribution >= 0.6 is 0 Å². The van der Waals surface area contributed by atoms with Crippen LogP contribution in [0.2, 0.25) is 0 Å². The maximum atomic E-state index is 12.2. The smallest absolute Gasteiger partial charge is 0.205 e. The third-order valence-corrected chi connectivity index (χ3v) is 6.10. The van der Waals surface area contributed by atoms with Crippen molar-refractivity contribution >= 4 is 5.78 Å². The average Bonchev–Trinajstić information content (AvgIpc) is 3.24. The Morgan fingerprint density at radius 3 is 2.58 bits per heavy atom. The Morgan fingerprint density at radius 2 is 1.94 bits per heavy atom. The lowest BCUT2D eigenvalue weighted by molar-refractivity contribution is -0.174. The van der Waals surface area contributed by atoms with Gasteiger partial charge in [0.05, 0.1) is 25.4 Å². The third-order valence-electron chi connectivity index (χ3n) is 6.10. The number of carbonyl (C=O) groups excluding carboxylic acids is 1. The number of aliphatic hydroxyl groups is 1. The summed E-state index contributed by atoms with van der Waals surface area (Å²) < 4.78 is 17.5. The molecule has 0 radical (unpaired) electrons. The number of benzene rings is 1. The van der Waals surface area contributed by atoms with Gasteiger partial charge in [0.25, 0.3) is 0 Å². The van der Waals surface area contributed by atoms with Crippen molar-refractivity contribution < 1.29 is 24.1 Å². The molecule has 1 aliphatic rings. The zero-order valence-corrected chi connectivity index (χ0v) is 19.4. The highest BCUT2D eigenvalue weighted by Gasteiger charge is 2.40. The van der Waals surface area contributed by atoms with E-state index in [0.29, 0.717) is 39.1 Å². The van der Waals surface area contributed by atoms with Gasteiger partial charge in [-0.2, -0.15) is 0 Å². The number of aliphatic hydroxyl groups excluding tert-OH is 1. The first-order chi connectivity index (χ1) is 14.9. The highest BCUT2D eigenvalue weighted by molar-refractivity contribution is 5.95. The molecule has 0 bridgehead atoms. The molecule has 5 heteroatoms. The van der Waals surface area contributed by atoms with Gasteiger partial charge in [0.15, 0.2) is 5.79 Å². The van der Waals surface area contributed by atoms with Crippen LogP contribution < -0.4 is 0 Å². The molecule has 1 aromatic carbocycles. The molecule has 0 saturated carbocycles. The van der Waals surface area contributed by atoms with E-state index >= 15 is 0 Å². The van der Waals surface area contributed by atoms with Crippen molar-refractivity contribution in [1.82, 2.24) is 0 Å². The first kappa shape index (κ1) is 25.5. The fourth-order valence-electron chi connectivity index (χ4n) is 3.60. The number of Topliss-reactive ketones (excluding diaryl/α,β-unsaturated/α-hetero) is 1. The Kier molecular flexibility index (Phi) is 10.7. The maximum Gasteiger partial charge on any atom is 0.205 e. The highest BCUT2D eigenvalue weighted by atomic mass is 16.7. The number of ketones is 1. The molecule has 2 rings (SSSR count). The van der Waals surface area contributed by atoms with Crippen molar-refractivity contribution in [2.75, 3.05) is 13.2 Å². The predicted octanol–water partition coefficient (Wildman–Crippen LogP) is 4.51. The first-order valence-corrected chi connectivity index (χ1v) is 11.5.